The first-order valence-corrected chi connectivity index (χ1v) is 9.13. The first kappa shape index (κ1) is 16.9. The van der Waals surface area contributed by atoms with E-state index < -0.39 is 0 Å². The van der Waals surface area contributed by atoms with Gasteiger partial charge in [0.15, 0.2) is 5.78 Å². The number of phenolic OH excluding ortho intramolecular Hbond substituents is 1. The molecule has 4 rings (SSSR count). The Morgan fingerprint density at radius 1 is 1.00 bits per heavy atom. The zero-order valence-electron chi connectivity index (χ0n) is 15.8. The number of hydrogen-bond donors (Lipinski definition) is 1. The highest BCUT2D eigenvalue weighted by Crippen LogP contribution is 2.69. The van der Waals surface area contributed by atoms with Crippen molar-refractivity contribution in [2.24, 2.45) is 16.7 Å². The minimum absolute atomic E-state index is 0.0320. The minimum atomic E-state index is 0.0320. The molecule has 1 aromatic heterocycles. The van der Waals surface area contributed by atoms with Gasteiger partial charge in [-0.2, -0.15) is 0 Å². The molecular formula is C23H25NO2. The van der Waals surface area contributed by atoms with Gasteiger partial charge in [0.2, 0.25) is 0 Å². The molecule has 0 aliphatic heterocycles. The predicted molar refractivity (Wildman–Crippen MR) is 105 cm³/mol. The Hall–Kier alpha value is -2.55. The molecular weight excluding hydrogens is 322 g/mol. The molecule has 0 spiro atoms. The summed E-state index contributed by atoms with van der Waals surface area (Å²) < 4.78 is 2.14. The van der Waals surface area contributed by atoms with Crippen molar-refractivity contribution in [3.63, 3.8) is 0 Å². The fourth-order valence-electron chi connectivity index (χ4n) is 4.38. The van der Waals surface area contributed by atoms with Crippen molar-refractivity contribution >= 4 is 16.7 Å². The second kappa shape index (κ2) is 5.47. The van der Waals surface area contributed by atoms with Crippen molar-refractivity contribution < 1.29 is 9.90 Å². The number of aromatic hydroxyl groups is 1. The van der Waals surface area contributed by atoms with Crippen LogP contribution in [0.3, 0.4) is 0 Å². The molecule has 2 aromatic carbocycles. The summed E-state index contributed by atoms with van der Waals surface area (Å²) in [6.45, 7) is 9.41. The van der Waals surface area contributed by atoms with E-state index >= 15 is 0 Å². The Labute approximate surface area is 154 Å². The van der Waals surface area contributed by atoms with Crippen molar-refractivity contribution in [2.45, 2.75) is 34.2 Å². The maximum absolute atomic E-state index is 13.3. The minimum Gasteiger partial charge on any atom is -0.508 e. The Kier molecular flexibility index (Phi) is 3.56. The molecule has 0 atom stereocenters. The van der Waals surface area contributed by atoms with Gasteiger partial charge in [-0.15, -0.1) is 0 Å². The van der Waals surface area contributed by atoms with Gasteiger partial charge in [0.05, 0.1) is 0 Å². The van der Waals surface area contributed by atoms with Gasteiger partial charge in [-0.3, -0.25) is 4.79 Å². The van der Waals surface area contributed by atoms with Crippen LogP contribution in [-0.4, -0.2) is 15.5 Å². The molecule has 26 heavy (non-hydrogen) atoms. The molecule has 1 saturated carbocycles. The Balaban J connectivity index is 1.75. The number of phenols is 1. The zero-order valence-corrected chi connectivity index (χ0v) is 15.8. The van der Waals surface area contributed by atoms with E-state index in [1.807, 2.05) is 36.5 Å². The van der Waals surface area contributed by atoms with Crippen LogP contribution in [-0.2, 0) is 6.54 Å². The summed E-state index contributed by atoms with van der Waals surface area (Å²) in [5, 5.41) is 10.5. The van der Waals surface area contributed by atoms with Crippen LogP contribution in [0.4, 0.5) is 0 Å². The smallest absolute Gasteiger partial charge is 0.169 e. The van der Waals surface area contributed by atoms with Crippen molar-refractivity contribution in [3.8, 4) is 5.75 Å². The van der Waals surface area contributed by atoms with Crippen LogP contribution in [0.15, 0.2) is 54.7 Å². The van der Waals surface area contributed by atoms with E-state index in [0.717, 1.165) is 22.0 Å². The molecule has 0 radical (unpaired) electrons. The number of hydrogen-bond acceptors (Lipinski definition) is 2. The third-order valence-electron chi connectivity index (χ3n) is 6.63. The molecule has 0 amide bonds. The van der Waals surface area contributed by atoms with Crippen LogP contribution >= 0.6 is 0 Å². The standard InChI is InChI=1S/C23H25NO2/c1-22(2)21(23(22,3)4)20(26)18-14-24(19-8-6-5-7-17(18)19)13-15-9-11-16(25)12-10-15/h5-12,14,21,25H,13H2,1-4H3. The van der Waals surface area contributed by atoms with E-state index in [1.54, 1.807) is 12.1 Å². The van der Waals surface area contributed by atoms with Gasteiger partial charge in [-0.05, 0) is 34.6 Å². The van der Waals surface area contributed by atoms with Crippen molar-refractivity contribution in [1.82, 2.24) is 4.57 Å². The molecule has 0 bridgehead atoms. The molecule has 1 N–H and O–H groups in total. The second-order valence-electron chi connectivity index (χ2n) is 8.59. The van der Waals surface area contributed by atoms with Crippen LogP contribution in [0.5, 0.6) is 5.75 Å². The molecule has 0 saturated heterocycles. The van der Waals surface area contributed by atoms with Gasteiger partial charge in [-0.1, -0.05) is 58.0 Å². The number of aromatic nitrogens is 1. The summed E-state index contributed by atoms with van der Waals surface area (Å²) in [4.78, 5) is 13.3. The summed E-state index contributed by atoms with van der Waals surface area (Å²) in [7, 11) is 0. The monoisotopic (exact) mass is 347 g/mol. The molecule has 3 aromatic rings. The van der Waals surface area contributed by atoms with E-state index in [-0.39, 0.29) is 28.3 Å². The summed E-state index contributed by atoms with van der Waals surface area (Å²) in [6, 6.07) is 15.3. The van der Waals surface area contributed by atoms with Crippen LogP contribution < -0.4 is 0 Å². The number of Topliss-reactive ketones (excluding diaryl/α,β-unsaturated/α-hetero) is 1. The number of para-hydroxylation sites is 1. The van der Waals surface area contributed by atoms with E-state index in [2.05, 4.69) is 38.3 Å². The number of benzene rings is 2. The van der Waals surface area contributed by atoms with Crippen molar-refractivity contribution in [1.29, 1.82) is 0 Å². The number of fused-ring (bicyclic) bond motifs is 1. The number of carbonyl (C=O) groups excluding carboxylic acids is 1. The number of nitrogens with zero attached hydrogens (tertiary/aromatic N) is 1. The highest BCUT2D eigenvalue weighted by atomic mass is 16.3. The molecule has 1 aliphatic carbocycles. The van der Waals surface area contributed by atoms with Crippen LogP contribution in [0.25, 0.3) is 10.9 Å². The van der Waals surface area contributed by atoms with Gasteiger partial charge < -0.3 is 9.67 Å². The van der Waals surface area contributed by atoms with E-state index in [9.17, 15) is 9.90 Å². The van der Waals surface area contributed by atoms with E-state index in [1.165, 1.54) is 0 Å². The molecule has 0 unspecified atom stereocenters. The summed E-state index contributed by atoms with van der Waals surface area (Å²) in [5.41, 5.74) is 3.05. The van der Waals surface area contributed by atoms with E-state index in [4.69, 9.17) is 0 Å². The SMILES string of the molecule is CC1(C)C(C(=O)c2cn(Cc3ccc(O)cc3)c3ccccc23)C1(C)C. The highest BCUT2D eigenvalue weighted by molar-refractivity contribution is 6.11. The highest BCUT2D eigenvalue weighted by Gasteiger charge is 2.68. The van der Waals surface area contributed by atoms with Gasteiger partial charge >= 0.3 is 0 Å². The number of ketones is 1. The Morgan fingerprint density at radius 3 is 2.23 bits per heavy atom. The maximum Gasteiger partial charge on any atom is 0.169 e. The number of rotatable bonds is 4. The maximum atomic E-state index is 13.3. The van der Waals surface area contributed by atoms with Gasteiger partial charge in [0.25, 0.3) is 0 Å². The quantitative estimate of drug-likeness (QED) is 0.654. The van der Waals surface area contributed by atoms with Gasteiger partial charge in [0.1, 0.15) is 5.75 Å². The molecule has 1 fully saturated rings. The second-order valence-corrected chi connectivity index (χ2v) is 8.59. The first-order chi connectivity index (χ1) is 12.2. The first-order valence-electron chi connectivity index (χ1n) is 9.13. The fourth-order valence-corrected chi connectivity index (χ4v) is 4.38. The van der Waals surface area contributed by atoms with Gasteiger partial charge in [0, 0.05) is 35.1 Å². The lowest BCUT2D eigenvalue weighted by atomic mass is 10.0. The molecule has 1 heterocycles. The Morgan fingerprint density at radius 2 is 1.62 bits per heavy atom. The lowest BCUT2D eigenvalue weighted by molar-refractivity contribution is 0.0946. The van der Waals surface area contributed by atoms with Crippen molar-refractivity contribution in [2.75, 3.05) is 0 Å². The largest absolute Gasteiger partial charge is 0.508 e. The Bertz CT molecular complexity index is 979. The normalized spacial score (nSPS) is 18.2. The lowest BCUT2D eigenvalue weighted by Gasteiger charge is -2.05. The zero-order chi connectivity index (χ0) is 18.7. The van der Waals surface area contributed by atoms with E-state index in [0.29, 0.717) is 6.54 Å². The van der Waals surface area contributed by atoms with Crippen LogP contribution in [0, 0.1) is 16.7 Å². The van der Waals surface area contributed by atoms with Gasteiger partial charge in [-0.25, -0.2) is 0 Å². The van der Waals surface area contributed by atoms with Crippen LogP contribution in [0.2, 0.25) is 0 Å². The third kappa shape index (κ3) is 2.38. The van der Waals surface area contributed by atoms with Crippen LogP contribution in [0.1, 0.15) is 43.6 Å². The average Bonchev–Trinajstić information content (AvgIpc) is 2.88. The molecule has 1 aliphatic rings. The number of carbonyl (C=O) groups is 1. The van der Waals surface area contributed by atoms with Crippen molar-refractivity contribution in [3.05, 3.63) is 65.9 Å². The fraction of sp³-hybridized carbons (Fsp3) is 0.348. The molecule has 3 nitrogen and oxygen atoms in total. The molecule has 3 heteroatoms. The summed E-state index contributed by atoms with van der Waals surface area (Å²) >= 11 is 0. The molecule has 134 valence electrons. The summed E-state index contributed by atoms with van der Waals surface area (Å²) in [5.74, 6) is 0.573. The lowest BCUT2D eigenvalue weighted by Crippen LogP contribution is -2.07. The average molecular weight is 347 g/mol. The summed E-state index contributed by atoms with van der Waals surface area (Å²) in [6.07, 6.45) is 2.00. The topological polar surface area (TPSA) is 42.2 Å². The predicted octanol–water partition coefficient (Wildman–Crippen LogP) is 5.26. The third-order valence-corrected chi connectivity index (χ3v) is 6.63.